The third-order valence-electron chi connectivity index (χ3n) is 4.05. The lowest BCUT2D eigenvalue weighted by atomic mass is 10.1. The molecule has 1 heterocycles. The number of benzene rings is 1. The molecular formula is C16H27ClN2O3S. The molecule has 132 valence electrons. The third-order valence-corrected chi connectivity index (χ3v) is 5.94. The first-order valence-corrected chi connectivity index (χ1v) is 9.42. The Hall–Kier alpha value is -0.660. The van der Waals surface area contributed by atoms with Gasteiger partial charge in [-0.1, -0.05) is 19.1 Å². The van der Waals surface area contributed by atoms with Crippen molar-refractivity contribution in [1.82, 2.24) is 4.31 Å². The predicted octanol–water partition coefficient (Wildman–Crippen LogP) is 2.19. The van der Waals surface area contributed by atoms with E-state index in [1.54, 1.807) is 16.4 Å². The maximum atomic E-state index is 12.7. The topological polar surface area (TPSA) is 72.6 Å². The summed E-state index contributed by atoms with van der Waals surface area (Å²) in [7, 11) is -3.39. The van der Waals surface area contributed by atoms with Gasteiger partial charge in [-0.05, 0) is 49.9 Å². The second-order valence-corrected chi connectivity index (χ2v) is 7.56. The van der Waals surface area contributed by atoms with Crippen molar-refractivity contribution in [3.05, 3.63) is 29.8 Å². The van der Waals surface area contributed by atoms with Gasteiger partial charge in [0, 0.05) is 19.7 Å². The van der Waals surface area contributed by atoms with Gasteiger partial charge in [-0.2, -0.15) is 4.31 Å². The highest BCUT2D eigenvalue weighted by atomic mass is 35.5. The van der Waals surface area contributed by atoms with Gasteiger partial charge in [0.05, 0.1) is 11.0 Å². The quantitative estimate of drug-likeness (QED) is 0.754. The monoisotopic (exact) mass is 362 g/mol. The van der Waals surface area contributed by atoms with Gasteiger partial charge in [0.1, 0.15) is 0 Å². The van der Waals surface area contributed by atoms with E-state index in [2.05, 4.69) is 0 Å². The van der Waals surface area contributed by atoms with E-state index in [1.807, 2.05) is 19.1 Å². The van der Waals surface area contributed by atoms with Crippen LogP contribution in [0.4, 0.5) is 0 Å². The number of hydrogen-bond acceptors (Lipinski definition) is 4. The molecule has 1 aliphatic rings. The number of aryl methyl sites for hydroxylation is 1. The SMILES string of the molecule is CCc1cccc(S(=O)(=O)N2CCC(OCCCN)CC2)c1.Cl. The Balaban J connectivity index is 0.00000264. The van der Waals surface area contributed by atoms with Crippen LogP contribution in [0.5, 0.6) is 0 Å². The maximum Gasteiger partial charge on any atom is 0.243 e. The summed E-state index contributed by atoms with van der Waals surface area (Å²) in [6.07, 6.45) is 3.33. The molecule has 0 unspecified atom stereocenters. The van der Waals surface area contributed by atoms with Gasteiger partial charge in [-0.3, -0.25) is 0 Å². The first kappa shape index (κ1) is 20.4. The first-order chi connectivity index (χ1) is 10.6. The number of sulfonamides is 1. The van der Waals surface area contributed by atoms with Gasteiger partial charge < -0.3 is 10.5 Å². The largest absolute Gasteiger partial charge is 0.378 e. The Bertz CT molecular complexity index is 572. The minimum absolute atomic E-state index is 0. The molecule has 0 spiro atoms. The van der Waals surface area contributed by atoms with Crippen LogP contribution in [0.25, 0.3) is 0 Å². The van der Waals surface area contributed by atoms with Gasteiger partial charge in [0.15, 0.2) is 0 Å². The summed E-state index contributed by atoms with van der Waals surface area (Å²) in [6.45, 7) is 4.35. The van der Waals surface area contributed by atoms with Crippen molar-refractivity contribution in [2.24, 2.45) is 5.73 Å². The Morgan fingerprint density at radius 2 is 2.00 bits per heavy atom. The summed E-state index contributed by atoms with van der Waals surface area (Å²) in [5.41, 5.74) is 6.49. The van der Waals surface area contributed by atoms with Crippen LogP contribution < -0.4 is 5.73 Å². The van der Waals surface area contributed by atoms with E-state index in [-0.39, 0.29) is 18.5 Å². The molecule has 0 saturated carbocycles. The Morgan fingerprint density at radius 1 is 1.30 bits per heavy atom. The molecule has 5 nitrogen and oxygen atoms in total. The van der Waals surface area contributed by atoms with Crippen molar-refractivity contribution in [3.8, 4) is 0 Å². The molecule has 1 aliphatic heterocycles. The van der Waals surface area contributed by atoms with Crippen LogP contribution in [0.1, 0.15) is 31.7 Å². The number of hydrogen-bond donors (Lipinski definition) is 1. The molecule has 0 bridgehead atoms. The van der Waals surface area contributed by atoms with Crippen LogP contribution in [-0.2, 0) is 21.2 Å². The molecule has 0 atom stereocenters. The zero-order valence-electron chi connectivity index (χ0n) is 13.6. The van der Waals surface area contributed by atoms with Gasteiger partial charge >= 0.3 is 0 Å². The number of piperidine rings is 1. The Kier molecular flexibility index (Phi) is 8.50. The van der Waals surface area contributed by atoms with Crippen LogP contribution in [0.3, 0.4) is 0 Å². The molecule has 2 N–H and O–H groups in total. The van der Waals surface area contributed by atoms with E-state index < -0.39 is 10.0 Å². The van der Waals surface area contributed by atoms with E-state index in [1.165, 1.54) is 0 Å². The molecular weight excluding hydrogens is 336 g/mol. The smallest absolute Gasteiger partial charge is 0.243 e. The normalized spacial score (nSPS) is 17.0. The Labute approximate surface area is 145 Å². The van der Waals surface area contributed by atoms with Crippen LogP contribution >= 0.6 is 12.4 Å². The predicted molar refractivity (Wildman–Crippen MR) is 94.5 cm³/mol. The fourth-order valence-electron chi connectivity index (χ4n) is 2.65. The van der Waals surface area contributed by atoms with Crippen LogP contribution in [0, 0.1) is 0 Å². The second kappa shape index (κ2) is 9.59. The summed E-state index contributed by atoms with van der Waals surface area (Å²) in [5, 5.41) is 0. The van der Waals surface area contributed by atoms with E-state index in [0.717, 1.165) is 31.2 Å². The summed E-state index contributed by atoms with van der Waals surface area (Å²) >= 11 is 0. The van der Waals surface area contributed by atoms with E-state index in [0.29, 0.717) is 31.1 Å². The molecule has 7 heteroatoms. The fourth-order valence-corrected chi connectivity index (χ4v) is 4.19. The molecule has 0 radical (unpaired) electrons. The lowest BCUT2D eigenvalue weighted by Crippen LogP contribution is -2.41. The first-order valence-electron chi connectivity index (χ1n) is 7.98. The van der Waals surface area contributed by atoms with Crippen molar-refractivity contribution in [2.45, 2.75) is 43.6 Å². The number of halogens is 1. The highest BCUT2D eigenvalue weighted by Gasteiger charge is 2.29. The van der Waals surface area contributed by atoms with Gasteiger partial charge in [-0.15, -0.1) is 12.4 Å². The van der Waals surface area contributed by atoms with Crippen LogP contribution in [0.15, 0.2) is 29.2 Å². The maximum absolute atomic E-state index is 12.7. The number of rotatable bonds is 7. The Morgan fingerprint density at radius 3 is 2.61 bits per heavy atom. The molecule has 0 aromatic heterocycles. The lowest BCUT2D eigenvalue weighted by Gasteiger charge is -2.31. The summed E-state index contributed by atoms with van der Waals surface area (Å²) in [4.78, 5) is 0.398. The molecule has 0 aliphatic carbocycles. The van der Waals surface area contributed by atoms with Crippen molar-refractivity contribution in [2.75, 3.05) is 26.2 Å². The molecule has 23 heavy (non-hydrogen) atoms. The van der Waals surface area contributed by atoms with Gasteiger partial charge in [0.25, 0.3) is 0 Å². The van der Waals surface area contributed by atoms with Crippen molar-refractivity contribution < 1.29 is 13.2 Å². The van der Waals surface area contributed by atoms with Gasteiger partial charge in [0.2, 0.25) is 10.0 Å². The fraction of sp³-hybridized carbons (Fsp3) is 0.625. The van der Waals surface area contributed by atoms with Gasteiger partial charge in [-0.25, -0.2) is 8.42 Å². The number of nitrogens with two attached hydrogens (primary N) is 1. The molecule has 1 aromatic rings. The van der Waals surface area contributed by atoms with E-state index >= 15 is 0 Å². The highest BCUT2D eigenvalue weighted by molar-refractivity contribution is 7.89. The summed E-state index contributed by atoms with van der Waals surface area (Å²) in [6, 6.07) is 7.22. The average molecular weight is 363 g/mol. The minimum atomic E-state index is -3.39. The summed E-state index contributed by atoms with van der Waals surface area (Å²) < 4.78 is 32.7. The second-order valence-electron chi connectivity index (χ2n) is 5.62. The molecule has 2 rings (SSSR count). The number of ether oxygens (including phenoxy) is 1. The standard InChI is InChI=1S/C16H26N2O3S.ClH/c1-2-14-5-3-6-16(13-14)22(19,20)18-10-7-15(8-11-18)21-12-4-9-17;/h3,5-6,13,15H,2,4,7-12,17H2,1H3;1H. The minimum Gasteiger partial charge on any atom is -0.378 e. The molecule has 1 saturated heterocycles. The number of nitrogens with zero attached hydrogens (tertiary/aromatic N) is 1. The van der Waals surface area contributed by atoms with Crippen molar-refractivity contribution in [3.63, 3.8) is 0 Å². The average Bonchev–Trinajstić information content (AvgIpc) is 2.55. The van der Waals surface area contributed by atoms with Crippen molar-refractivity contribution in [1.29, 1.82) is 0 Å². The molecule has 1 aromatic carbocycles. The third kappa shape index (κ3) is 5.43. The lowest BCUT2D eigenvalue weighted by molar-refractivity contribution is 0.0209. The van der Waals surface area contributed by atoms with E-state index in [4.69, 9.17) is 10.5 Å². The molecule has 0 amide bonds. The highest BCUT2D eigenvalue weighted by Crippen LogP contribution is 2.23. The summed E-state index contributed by atoms with van der Waals surface area (Å²) in [5.74, 6) is 0. The zero-order chi connectivity index (χ0) is 16.0. The van der Waals surface area contributed by atoms with Crippen LogP contribution in [-0.4, -0.2) is 45.1 Å². The zero-order valence-corrected chi connectivity index (χ0v) is 15.2. The van der Waals surface area contributed by atoms with Crippen molar-refractivity contribution >= 4 is 22.4 Å². The van der Waals surface area contributed by atoms with E-state index in [9.17, 15) is 8.42 Å². The van der Waals surface area contributed by atoms with Crippen LogP contribution in [0.2, 0.25) is 0 Å². The molecule has 1 fully saturated rings.